The van der Waals surface area contributed by atoms with Crippen LogP contribution in [0.5, 0.6) is 0 Å². The molecule has 0 spiro atoms. The van der Waals surface area contributed by atoms with Gasteiger partial charge in [-0.3, -0.25) is 9.59 Å². The van der Waals surface area contributed by atoms with Crippen molar-refractivity contribution in [3.05, 3.63) is 59.7 Å². The molecule has 2 aromatic carbocycles. The number of methoxy groups -OCH3 is 1. The highest BCUT2D eigenvalue weighted by Gasteiger charge is 2.41. The number of ether oxygens (including phenoxy) is 2. The van der Waals surface area contributed by atoms with Crippen LogP contribution in [0.4, 0.5) is 4.79 Å². The van der Waals surface area contributed by atoms with Crippen molar-refractivity contribution in [1.82, 2.24) is 10.2 Å². The van der Waals surface area contributed by atoms with E-state index in [4.69, 9.17) is 9.47 Å². The molecule has 2 aromatic rings. The number of hydrogen-bond donors (Lipinski definition) is 2. The van der Waals surface area contributed by atoms with Crippen molar-refractivity contribution in [1.29, 1.82) is 0 Å². The molecular weight excluding hydrogens is 436 g/mol. The van der Waals surface area contributed by atoms with Crippen molar-refractivity contribution in [3.8, 4) is 11.1 Å². The fraction of sp³-hybridized carbons (Fsp3) is 0.423. The van der Waals surface area contributed by atoms with E-state index in [-0.39, 0.29) is 30.9 Å². The Bertz CT molecular complexity index is 1040. The normalized spacial score (nSPS) is 20.9. The lowest BCUT2D eigenvalue weighted by Crippen LogP contribution is -2.54. The zero-order valence-corrected chi connectivity index (χ0v) is 19.6. The fourth-order valence-corrected chi connectivity index (χ4v) is 4.95. The van der Waals surface area contributed by atoms with Gasteiger partial charge in [-0.2, -0.15) is 0 Å². The highest BCUT2D eigenvalue weighted by molar-refractivity contribution is 5.87. The summed E-state index contributed by atoms with van der Waals surface area (Å²) in [5.74, 6) is -2.20. The lowest BCUT2D eigenvalue weighted by molar-refractivity contribution is -0.142. The van der Waals surface area contributed by atoms with E-state index in [1.807, 2.05) is 36.4 Å². The van der Waals surface area contributed by atoms with Crippen LogP contribution in [-0.2, 0) is 19.1 Å². The molecule has 4 atom stereocenters. The van der Waals surface area contributed by atoms with Crippen molar-refractivity contribution < 1.29 is 29.0 Å². The van der Waals surface area contributed by atoms with E-state index in [0.717, 1.165) is 22.3 Å². The van der Waals surface area contributed by atoms with Gasteiger partial charge in [-0.25, -0.2) is 4.79 Å². The number of carboxylic acids is 1. The first kappa shape index (κ1) is 23.8. The van der Waals surface area contributed by atoms with E-state index < -0.39 is 30.1 Å². The first-order valence-corrected chi connectivity index (χ1v) is 11.5. The third-order valence-corrected chi connectivity index (χ3v) is 6.97. The van der Waals surface area contributed by atoms with Gasteiger partial charge in [-0.05, 0) is 35.1 Å². The van der Waals surface area contributed by atoms with Gasteiger partial charge in [0.15, 0.2) is 0 Å². The van der Waals surface area contributed by atoms with Gasteiger partial charge >= 0.3 is 12.1 Å². The first-order valence-electron chi connectivity index (χ1n) is 11.5. The largest absolute Gasteiger partial charge is 0.481 e. The summed E-state index contributed by atoms with van der Waals surface area (Å²) in [5, 5.41) is 12.0. The van der Waals surface area contributed by atoms with E-state index >= 15 is 0 Å². The SMILES string of the molecule is COC(C)C(NC(=O)OCC1c2ccccc2-c2ccccc21)C(=O)N1C[C@@H](C)[C@H](C(=O)O)C1. The second-order valence-electron chi connectivity index (χ2n) is 9.05. The number of carbonyl (C=O) groups excluding carboxylic acids is 2. The molecule has 0 radical (unpaired) electrons. The van der Waals surface area contributed by atoms with E-state index in [9.17, 15) is 19.5 Å². The van der Waals surface area contributed by atoms with Crippen molar-refractivity contribution in [3.63, 3.8) is 0 Å². The van der Waals surface area contributed by atoms with Crippen LogP contribution in [0.1, 0.15) is 30.9 Å². The molecule has 1 heterocycles. The minimum Gasteiger partial charge on any atom is -0.481 e. The molecule has 1 aliphatic heterocycles. The average Bonchev–Trinajstić information content (AvgIpc) is 3.38. The number of rotatable bonds is 7. The van der Waals surface area contributed by atoms with Gasteiger partial charge < -0.3 is 24.8 Å². The van der Waals surface area contributed by atoms with E-state index in [0.29, 0.717) is 6.54 Å². The van der Waals surface area contributed by atoms with Crippen LogP contribution in [0.2, 0.25) is 0 Å². The summed E-state index contributed by atoms with van der Waals surface area (Å²) in [6.07, 6.45) is -1.33. The molecule has 4 rings (SSSR count). The number of hydrogen-bond acceptors (Lipinski definition) is 5. The van der Waals surface area contributed by atoms with Crippen LogP contribution in [-0.4, -0.2) is 66.9 Å². The van der Waals surface area contributed by atoms with Crippen molar-refractivity contribution in [2.24, 2.45) is 11.8 Å². The molecule has 1 saturated heterocycles. The van der Waals surface area contributed by atoms with Gasteiger partial charge in [0.2, 0.25) is 5.91 Å². The molecule has 2 N–H and O–H groups in total. The number of carbonyl (C=O) groups is 3. The summed E-state index contributed by atoms with van der Waals surface area (Å²) >= 11 is 0. The Morgan fingerprint density at radius 1 is 1.06 bits per heavy atom. The number of carboxylic acid groups (broad SMARTS) is 1. The second-order valence-corrected chi connectivity index (χ2v) is 9.05. The Kier molecular flexibility index (Phi) is 6.88. The Morgan fingerprint density at radius 3 is 2.18 bits per heavy atom. The quantitative estimate of drug-likeness (QED) is 0.650. The number of likely N-dealkylation sites (tertiary alicyclic amines) is 1. The van der Waals surface area contributed by atoms with Gasteiger partial charge in [-0.15, -0.1) is 0 Å². The van der Waals surface area contributed by atoms with E-state index in [1.165, 1.54) is 12.0 Å². The number of amides is 2. The van der Waals surface area contributed by atoms with Crippen molar-refractivity contribution in [2.75, 3.05) is 26.8 Å². The lowest BCUT2D eigenvalue weighted by atomic mass is 9.98. The molecular formula is C26H30N2O6. The number of aliphatic carboxylic acids is 1. The maximum atomic E-state index is 13.2. The van der Waals surface area contributed by atoms with Gasteiger partial charge in [0.25, 0.3) is 0 Å². The predicted molar refractivity (Wildman–Crippen MR) is 125 cm³/mol. The van der Waals surface area contributed by atoms with Crippen molar-refractivity contribution >= 4 is 18.0 Å². The van der Waals surface area contributed by atoms with Crippen LogP contribution in [0, 0.1) is 11.8 Å². The molecule has 1 fully saturated rings. The lowest BCUT2D eigenvalue weighted by Gasteiger charge is -2.28. The van der Waals surface area contributed by atoms with Crippen LogP contribution < -0.4 is 5.32 Å². The minimum atomic E-state index is -0.986. The second kappa shape index (κ2) is 9.85. The van der Waals surface area contributed by atoms with Crippen LogP contribution in [0.25, 0.3) is 11.1 Å². The summed E-state index contributed by atoms with van der Waals surface area (Å²) in [4.78, 5) is 38.9. The Balaban J connectivity index is 1.43. The van der Waals surface area contributed by atoms with Crippen molar-refractivity contribution in [2.45, 2.75) is 31.9 Å². The summed E-state index contributed by atoms with van der Waals surface area (Å²) in [6, 6.07) is 15.1. The molecule has 0 aromatic heterocycles. The smallest absolute Gasteiger partial charge is 0.407 e. The number of fused-ring (bicyclic) bond motifs is 3. The monoisotopic (exact) mass is 466 g/mol. The van der Waals surface area contributed by atoms with Crippen LogP contribution in [0.15, 0.2) is 48.5 Å². The Morgan fingerprint density at radius 2 is 1.65 bits per heavy atom. The molecule has 2 amide bonds. The summed E-state index contributed by atoms with van der Waals surface area (Å²) in [7, 11) is 1.46. The molecule has 180 valence electrons. The predicted octanol–water partition coefficient (Wildman–Crippen LogP) is 3.11. The van der Waals surface area contributed by atoms with Crippen LogP contribution >= 0.6 is 0 Å². The van der Waals surface area contributed by atoms with E-state index in [2.05, 4.69) is 17.4 Å². The molecule has 2 unspecified atom stereocenters. The highest BCUT2D eigenvalue weighted by atomic mass is 16.5. The first-order chi connectivity index (χ1) is 16.3. The number of benzene rings is 2. The molecule has 8 nitrogen and oxygen atoms in total. The molecule has 0 bridgehead atoms. The average molecular weight is 467 g/mol. The Labute approximate surface area is 198 Å². The number of nitrogens with one attached hydrogen (secondary N) is 1. The maximum Gasteiger partial charge on any atom is 0.407 e. The molecule has 2 aliphatic rings. The number of alkyl carbamates (subject to hydrolysis) is 1. The topological polar surface area (TPSA) is 105 Å². The standard InChI is InChI=1S/C26H30N2O6/c1-15-12-28(13-21(15)25(30)31)24(29)23(16(2)33-3)27-26(32)34-14-22-19-10-6-4-8-17(19)18-9-5-7-11-20(18)22/h4-11,15-16,21-23H,12-14H2,1-3H3,(H,27,32)(H,30,31)/t15-,16?,21-,23?/m1/s1. The van der Waals surface area contributed by atoms with Gasteiger partial charge in [0, 0.05) is 26.1 Å². The van der Waals surface area contributed by atoms with E-state index in [1.54, 1.807) is 13.8 Å². The highest BCUT2D eigenvalue weighted by Crippen LogP contribution is 2.44. The molecule has 34 heavy (non-hydrogen) atoms. The Hall–Kier alpha value is -3.39. The van der Waals surface area contributed by atoms with Gasteiger partial charge in [0.1, 0.15) is 12.6 Å². The summed E-state index contributed by atoms with van der Waals surface area (Å²) < 4.78 is 10.9. The molecule has 8 heteroatoms. The number of nitrogens with zero attached hydrogens (tertiary/aromatic N) is 1. The summed E-state index contributed by atoms with van der Waals surface area (Å²) in [6.45, 7) is 4.04. The zero-order valence-electron chi connectivity index (χ0n) is 19.6. The molecule has 1 aliphatic carbocycles. The minimum absolute atomic E-state index is 0.0945. The fourth-order valence-electron chi connectivity index (χ4n) is 4.95. The maximum absolute atomic E-state index is 13.2. The van der Waals surface area contributed by atoms with Gasteiger partial charge in [0.05, 0.1) is 12.0 Å². The molecule has 0 saturated carbocycles. The summed E-state index contributed by atoms with van der Waals surface area (Å²) in [5.41, 5.74) is 4.45. The van der Waals surface area contributed by atoms with Gasteiger partial charge in [-0.1, -0.05) is 55.5 Å². The third kappa shape index (κ3) is 4.50. The third-order valence-electron chi connectivity index (χ3n) is 6.97. The van der Waals surface area contributed by atoms with Crippen LogP contribution in [0.3, 0.4) is 0 Å². The zero-order chi connectivity index (χ0) is 24.4.